The van der Waals surface area contributed by atoms with E-state index in [2.05, 4.69) is 0 Å². The molecular formula is C21H26N2O5S. The van der Waals surface area contributed by atoms with Crippen LogP contribution in [-0.4, -0.2) is 61.0 Å². The maximum absolute atomic E-state index is 12.5. The van der Waals surface area contributed by atoms with Crippen molar-refractivity contribution in [1.82, 2.24) is 9.47 Å². The lowest BCUT2D eigenvalue weighted by molar-refractivity contribution is -0.134. The monoisotopic (exact) mass is 418 g/mol. The van der Waals surface area contributed by atoms with E-state index in [1.165, 1.54) is 4.90 Å². The number of amides is 1. The van der Waals surface area contributed by atoms with Crippen molar-refractivity contribution in [3.8, 4) is 0 Å². The molecule has 0 unspecified atom stereocenters. The Morgan fingerprint density at radius 1 is 1.21 bits per heavy atom. The highest BCUT2D eigenvalue weighted by Gasteiger charge is 2.33. The van der Waals surface area contributed by atoms with E-state index in [-0.39, 0.29) is 17.5 Å². The van der Waals surface area contributed by atoms with Crippen LogP contribution in [0.25, 0.3) is 0 Å². The average molecular weight is 419 g/mol. The molecule has 1 aliphatic heterocycles. The molecule has 1 aliphatic rings. The Morgan fingerprint density at radius 2 is 1.90 bits per heavy atom. The van der Waals surface area contributed by atoms with Crippen molar-refractivity contribution in [2.24, 2.45) is 0 Å². The normalized spacial score (nSPS) is 17.8. The summed E-state index contributed by atoms with van der Waals surface area (Å²) in [6.07, 6.45) is 0.416. The third-order valence-electron chi connectivity index (χ3n) is 5.45. The van der Waals surface area contributed by atoms with Gasteiger partial charge in [0.15, 0.2) is 16.4 Å². The van der Waals surface area contributed by atoms with Gasteiger partial charge in [0.1, 0.15) is 0 Å². The van der Waals surface area contributed by atoms with Crippen molar-refractivity contribution < 1.29 is 22.7 Å². The maximum atomic E-state index is 12.5. The molecule has 156 valence electrons. The van der Waals surface area contributed by atoms with Gasteiger partial charge < -0.3 is 14.2 Å². The number of aromatic nitrogens is 1. The van der Waals surface area contributed by atoms with Crippen LogP contribution in [0.1, 0.15) is 33.7 Å². The molecule has 0 bridgehead atoms. The van der Waals surface area contributed by atoms with Crippen LogP contribution in [0.3, 0.4) is 0 Å². The highest BCUT2D eigenvalue weighted by molar-refractivity contribution is 7.91. The van der Waals surface area contributed by atoms with Gasteiger partial charge in [-0.2, -0.15) is 0 Å². The summed E-state index contributed by atoms with van der Waals surface area (Å²) in [5.74, 6) is -0.913. The van der Waals surface area contributed by atoms with Crippen LogP contribution in [0.5, 0.6) is 0 Å². The van der Waals surface area contributed by atoms with Gasteiger partial charge in [-0.05, 0) is 31.9 Å². The molecule has 1 fully saturated rings. The second kappa shape index (κ2) is 8.41. The minimum Gasteiger partial charge on any atom is -0.452 e. The molecule has 1 amide bonds. The number of esters is 1. The summed E-state index contributed by atoms with van der Waals surface area (Å²) in [5, 5.41) is 0. The standard InChI is InChI=1S/C21H26N2O5S/c1-15-11-19(16(2)23(15)12-17-7-5-4-6-8-17)21(25)28-13-20(24)22(3)18-9-10-29(26,27)14-18/h4-8,11,18H,9-10,12-14H2,1-3H3/t18-/m1/s1. The SMILES string of the molecule is Cc1cc(C(=O)OCC(=O)N(C)[C@@H]2CCS(=O)(=O)C2)c(C)n1Cc1ccccc1. The first-order chi connectivity index (χ1) is 13.7. The molecule has 1 atom stereocenters. The summed E-state index contributed by atoms with van der Waals surface area (Å²) in [7, 11) is -1.54. The number of carbonyl (C=O) groups excluding carboxylic acids is 2. The van der Waals surface area contributed by atoms with Gasteiger partial charge in [-0.1, -0.05) is 30.3 Å². The lowest BCUT2D eigenvalue weighted by atomic mass is 10.2. The number of aryl methyl sites for hydroxylation is 1. The fraction of sp³-hybridized carbons (Fsp3) is 0.429. The number of sulfone groups is 1. The molecule has 8 heteroatoms. The molecule has 0 saturated carbocycles. The quantitative estimate of drug-likeness (QED) is 0.670. The molecule has 1 saturated heterocycles. The second-order valence-electron chi connectivity index (χ2n) is 7.49. The minimum absolute atomic E-state index is 0.0379. The van der Waals surface area contributed by atoms with Gasteiger partial charge in [0.25, 0.3) is 5.91 Å². The predicted molar refractivity (Wildman–Crippen MR) is 110 cm³/mol. The summed E-state index contributed by atoms with van der Waals surface area (Å²) >= 11 is 0. The summed E-state index contributed by atoms with van der Waals surface area (Å²) in [6, 6.07) is 11.3. The van der Waals surface area contributed by atoms with E-state index in [4.69, 9.17) is 4.74 Å². The van der Waals surface area contributed by atoms with Crippen LogP contribution in [-0.2, 0) is 25.9 Å². The van der Waals surface area contributed by atoms with Crippen molar-refractivity contribution in [2.45, 2.75) is 32.9 Å². The summed E-state index contributed by atoms with van der Waals surface area (Å²) < 4.78 is 30.5. The van der Waals surface area contributed by atoms with E-state index in [1.807, 2.05) is 48.7 Å². The Balaban J connectivity index is 1.62. The molecular weight excluding hydrogens is 392 g/mol. The van der Waals surface area contributed by atoms with E-state index < -0.39 is 28.3 Å². The van der Waals surface area contributed by atoms with Crippen molar-refractivity contribution in [3.63, 3.8) is 0 Å². The Bertz CT molecular complexity index is 1010. The first kappa shape index (κ1) is 21.1. The number of likely N-dealkylation sites (N-methyl/N-ethyl adjacent to an activating group) is 1. The maximum Gasteiger partial charge on any atom is 0.340 e. The van der Waals surface area contributed by atoms with Gasteiger partial charge in [0.05, 0.1) is 17.1 Å². The van der Waals surface area contributed by atoms with Crippen molar-refractivity contribution in [2.75, 3.05) is 25.2 Å². The molecule has 2 aromatic rings. The molecule has 0 N–H and O–H groups in total. The van der Waals surface area contributed by atoms with Gasteiger partial charge in [-0.15, -0.1) is 0 Å². The van der Waals surface area contributed by atoms with Crippen molar-refractivity contribution >= 4 is 21.7 Å². The highest BCUT2D eigenvalue weighted by Crippen LogP contribution is 2.19. The molecule has 29 heavy (non-hydrogen) atoms. The van der Waals surface area contributed by atoms with Crippen LogP contribution in [0.4, 0.5) is 0 Å². The number of nitrogens with zero attached hydrogens (tertiary/aromatic N) is 2. The summed E-state index contributed by atoms with van der Waals surface area (Å²) in [6.45, 7) is 4.01. The number of rotatable bonds is 6. The van der Waals surface area contributed by atoms with Gasteiger partial charge in [-0.3, -0.25) is 4.79 Å². The van der Waals surface area contributed by atoms with Gasteiger partial charge in [-0.25, -0.2) is 13.2 Å². The lowest BCUT2D eigenvalue weighted by Crippen LogP contribution is -2.40. The summed E-state index contributed by atoms with van der Waals surface area (Å²) in [5.41, 5.74) is 3.26. The van der Waals surface area contributed by atoms with E-state index in [0.717, 1.165) is 17.0 Å². The predicted octanol–water partition coefficient (Wildman–Crippen LogP) is 1.96. The van der Waals surface area contributed by atoms with Crippen LogP contribution in [0, 0.1) is 13.8 Å². The van der Waals surface area contributed by atoms with Crippen LogP contribution < -0.4 is 0 Å². The Kier molecular flexibility index (Phi) is 6.12. The number of ether oxygens (including phenoxy) is 1. The minimum atomic E-state index is -3.09. The number of hydrogen-bond acceptors (Lipinski definition) is 5. The molecule has 3 rings (SSSR count). The molecule has 1 aromatic carbocycles. The number of hydrogen-bond donors (Lipinski definition) is 0. The van der Waals surface area contributed by atoms with E-state index in [9.17, 15) is 18.0 Å². The third-order valence-corrected chi connectivity index (χ3v) is 7.20. The highest BCUT2D eigenvalue weighted by atomic mass is 32.2. The zero-order chi connectivity index (χ0) is 21.2. The first-order valence-corrected chi connectivity index (χ1v) is 11.3. The van der Waals surface area contributed by atoms with E-state index in [0.29, 0.717) is 18.5 Å². The molecule has 0 radical (unpaired) electrons. The van der Waals surface area contributed by atoms with Crippen molar-refractivity contribution in [3.05, 3.63) is 58.9 Å². The largest absolute Gasteiger partial charge is 0.452 e. The number of benzene rings is 1. The zero-order valence-electron chi connectivity index (χ0n) is 16.9. The van der Waals surface area contributed by atoms with Crippen molar-refractivity contribution in [1.29, 1.82) is 0 Å². The fourth-order valence-corrected chi connectivity index (χ4v) is 5.38. The topological polar surface area (TPSA) is 85.7 Å². The zero-order valence-corrected chi connectivity index (χ0v) is 17.7. The Labute approximate surface area is 171 Å². The molecule has 7 nitrogen and oxygen atoms in total. The van der Waals surface area contributed by atoms with Crippen LogP contribution in [0.15, 0.2) is 36.4 Å². The molecule has 0 spiro atoms. The van der Waals surface area contributed by atoms with Gasteiger partial charge in [0, 0.05) is 31.0 Å². The summed E-state index contributed by atoms with van der Waals surface area (Å²) in [4.78, 5) is 26.2. The molecule has 0 aliphatic carbocycles. The molecule has 2 heterocycles. The third kappa shape index (κ3) is 4.87. The van der Waals surface area contributed by atoms with Gasteiger partial charge >= 0.3 is 5.97 Å². The lowest BCUT2D eigenvalue weighted by Gasteiger charge is -2.23. The smallest absolute Gasteiger partial charge is 0.340 e. The van der Waals surface area contributed by atoms with Crippen LogP contribution in [0.2, 0.25) is 0 Å². The Hall–Kier alpha value is -2.61. The molecule has 1 aromatic heterocycles. The van der Waals surface area contributed by atoms with E-state index in [1.54, 1.807) is 13.1 Å². The fourth-order valence-electron chi connectivity index (χ4n) is 3.61. The average Bonchev–Trinajstić information content (AvgIpc) is 3.19. The second-order valence-corrected chi connectivity index (χ2v) is 9.72. The number of carbonyl (C=O) groups is 2. The van der Waals surface area contributed by atoms with E-state index >= 15 is 0 Å². The van der Waals surface area contributed by atoms with Gasteiger partial charge in [0.2, 0.25) is 0 Å². The first-order valence-electron chi connectivity index (χ1n) is 9.52. The van der Waals surface area contributed by atoms with Crippen LogP contribution >= 0.6 is 0 Å². The Morgan fingerprint density at radius 3 is 2.52 bits per heavy atom.